The first-order valence-corrected chi connectivity index (χ1v) is 8.98. The van der Waals surface area contributed by atoms with Gasteiger partial charge in [-0.1, -0.05) is 12.8 Å². The molecule has 1 aromatic heterocycles. The van der Waals surface area contributed by atoms with E-state index < -0.39 is 5.91 Å². The molecule has 1 aliphatic carbocycles. The average molecular weight is 350 g/mol. The molecule has 4 N–H and O–H groups in total. The van der Waals surface area contributed by atoms with Gasteiger partial charge in [-0.3, -0.25) is 4.79 Å². The number of carbonyl (C=O) groups excluding carboxylic acids is 1. The molecule has 0 spiro atoms. The molecule has 1 aromatic rings. The van der Waals surface area contributed by atoms with Crippen molar-refractivity contribution in [2.45, 2.75) is 45.6 Å². The molecule has 1 aliphatic rings. The van der Waals surface area contributed by atoms with Crippen LogP contribution in [0.15, 0.2) is 21.5 Å². The molecule has 1 heterocycles. The van der Waals surface area contributed by atoms with Crippen molar-refractivity contribution < 1.29 is 13.9 Å². The van der Waals surface area contributed by atoms with Gasteiger partial charge < -0.3 is 25.5 Å². The summed E-state index contributed by atoms with van der Waals surface area (Å²) >= 11 is 0. The largest absolute Gasteiger partial charge is 0.454 e. The fourth-order valence-corrected chi connectivity index (χ4v) is 3.32. The lowest BCUT2D eigenvalue weighted by atomic mass is 9.83. The van der Waals surface area contributed by atoms with Gasteiger partial charge in [-0.2, -0.15) is 0 Å². The first-order chi connectivity index (χ1) is 12.1. The number of furan rings is 1. The van der Waals surface area contributed by atoms with Crippen LogP contribution < -0.4 is 16.4 Å². The van der Waals surface area contributed by atoms with E-state index in [2.05, 4.69) is 15.6 Å². The molecule has 1 saturated carbocycles. The fourth-order valence-electron chi connectivity index (χ4n) is 3.32. The molecule has 140 valence electrons. The monoisotopic (exact) mass is 350 g/mol. The third-order valence-electron chi connectivity index (χ3n) is 4.77. The number of nitrogens with zero attached hydrogens (tertiary/aromatic N) is 1. The van der Waals surface area contributed by atoms with Crippen LogP contribution in [0.1, 0.15) is 55.3 Å². The van der Waals surface area contributed by atoms with E-state index in [9.17, 15) is 4.79 Å². The summed E-state index contributed by atoms with van der Waals surface area (Å²) in [5.41, 5.74) is 5.49. The number of amides is 1. The van der Waals surface area contributed by atoms with Crippen LogP contribution in [0, 0.1) is 5.41 Å². The Balaban J connectivity index is 1.95. The molecule has 7 nitrogen and oxygen atoms in total. The number of guanidine groups is 1. The molecule has 0 aliphatic heterocycles. The van der Waals surface area contributed by atoms with Gasteiger partial charge in [0, 0.05) is 26.8 Å². The van der Waals surface area contributed by atoms with Crippen molar-refractivity contribution in [1.82, 2.24) is 10.6 Å². The Morgan fingerprint density at radius 2 is 2.12 bits per heavy atom. The van der Waals surface area contributed by atoms with Crippen molar-refractivity contribution in [1.29, 1.82) is 0 Å². The van der Waals surface area contributed by atoms with Gasteiger partial charge >= 0.3 is 0 Å². The van der Waals surface area contributed by atoms with E-state index in [4.69, 9.17) is 14.9 Å². The topological polar surface area (TPSA) is 102 Å². The van der Waals surface area contributed by atoms with Crippen LogP contribution in [-0.2, 0) is 11.3 Å². The third kappa shape index (κ3) is 5.77. The van der Waals surface area contributed by atoms with Crippen molar-refractivity contribution >= 4 is 11.9 Å². The minimum atomic E-state index is -0.568. The number of hydrogen-bond acceptors (Lipinski definition) is 4. The Morgan fingerprint density at radius 1 is 1.36 bits per heavy atom. The van der Waals surface area contributed by atoms with Crippen LogP contribution in [0.3, 0.4) is 0 Å². The zero-order chi connectivity index (χ0) is 18.1. The second kappa shape index (κ2) is 9.46. The highest BCUT2D eigenvalue weighted by molar-refractivity contribution is 5.89. The molecule has 0 radical (unpaired) electrons. The molecule has 0 unspecified atom stereocenters. The molecule has 1 amide bonds. The number of rotatable bonds is 9. The quantitative estimate of drug-likeness (QED) is 0.467. The zero-order valence-electron chi connectivity index (χ0n) is 15.3. The van der Waals surface area contributed by atoms with Crippen molar-refractivity contribution in [2.75, 3.05) is 26.8 Å². The highest BCUT2D eigenvalue weighted by atomic mass is 16.5. The number of aliphatic imine (C=N–C) groups is 1. The van der Waals surface area contributed by atoms with Crippen LogP contribution in [0.2, 0.25) is 0 Å². The van der Waals surface area contributed by atoms with Crippen molar-refractivity contribution in [3.8, 4) is 0 Å². The van der Waals surface area contributed by atoms with Gasteiger partial charge in [-0.05, 0) is 43.7 Å². The first kappa shape index (κ1) is 19.3. The lowest BCUT2D eigenvalue weighted by Crippen LogP contribution is -2.43. The number of hydrogen-bond donors (Lipinski definition) is 3. The zero-order valence-corrected chi connectivity index (χ0v) is 15.3. The lowest BCUT2D eigenvalue weighted by molar-refractivity contribution is 0.0972. The van der Waals surface area contributed by atoms with Crippen LogP contribution in [0.25, 0.3) is 0 Å². The molecule has 2 rings (SSSR count). The molecular weight excluding hydrogens is 320 g/mol. The maximum Gasteiger partial charge on any atom is 0.284 e. The van der Waals surface area contributed by atoms with Crippen LogP contribution >= 0.6 is 0 Å². The highest BCUT2D eigenvalue weighted by Gasteiger charge is 2.33. The van der Waals surface area contributed by atoms with Gasteiger partial charge in [0.2, 0.25) is 0 Å². The van der Waals surface area contributed by atoms with Crippen molar-refractivity contribution in [3.05, 3.63) is 23.7 Å². The van der Waals surface area contributed by atoms with Gasteiger partial charge in [-0.15, -0.1) is 0 Å². The molecule has 0 aromatic carbocycles. The molecule has 0 atom stereocenters. The number of ether oxygens (including phenoxy) is 1. The Hall–Kier alpha value is -2.02. The number of carbonyl (C=O) groups is 1. The summed E-state index contributed by atoms with van der Waals surface area (Å²) in [6.45, 7) is 4.84. The standard InChI is InChI=1S/C18H30N4O3/c1-3-20-17(21-12-14-6-7-15(25-14)16(19)23)22-13-18(10-11-24-2)8-4-5-9-18/h6-7H,3-5,8-13H2,1-2H3,(H2,19,23)(H2,20,21,22). The van der Waals surface area contributed by atoms with Crippen molar-refractivity contribution in [2.24, 2.45) is 16.1 Å². The highest BCUT2D eigenvalue weighted by Crippen LogP contribution is 2.40. The smallest absolute Gasteiger partial charge is 0.284 e. The summed E-state index contributed by atoms with van der Waals surface area (Å²) < 4.78 is 10.7. The minimum Gasteiger partial charge on any atom is -0.454 e. The maximum absolute atomic E-state index is 11.1. The lowest BCUT2D eigenvalue weighted by Gasteiger charge is -2.29. The summed E-state index contributed by atoms with van der Waals surface area (Å²) in [6.07, 6.45) is 6.07. The molecule has 25 heavy (non-hydrogen) atoms. The van der Waals surface area contributed by atoms with E-state index >= 15 is 0 Å². The minimum absolute atomic E-state index is 0.160. The predicted molar refractivity (Wildman–Crippen MR) is 97.4 cm³/mol. The normalized spacial score (nSPS) is 16.8. The second-order valence-electron chi connectivity index (χ2n) is 6.63. The number of primary amides is 1. The van der Waals surface area contributed by atoms with E-state index in [1.54, 1.807) is 19.2 Å². The second-order valence-corrected chi connectivity index (χ2v) is 6.63. The van der Waals surface area contributed by atoms with E-state index in [1.165, 1.54) is 25.7 Å². The van der Waals surface area contributed by atoms with Gasteiger partial charge in [0.15, 0.2) is 11.7 Å². The number of nitrogens with one attached hydrogen (secondary N) is 2. The molecule has 0 saturated heterocycles. The predicted octanol–water partition coefficient (Wildman–Crippen LogP) is 2.03. The van der Waals surface area contributed by atoms with E-state index in [0.29, 0.717) is 12.3 Å². The first-order valence-electron chi connectivity index (χ1n) is 8.98. The van der Waals surface area contributed by atoms with Gasteiger partial charge in [-0.25, -0.2) is 4.99 Å². The van der Waals surface area contributed by atoms with E-state index in [-0.39, 0.29) is 11.2 Å². The van der Waals surface area contributed by atoms with Gasteiger partial charge in [0.25, 0.3) is 5.91 Å². The Kier molecular flexibility index (Phi) is 7.31. The summed E-state index contributed by atoms with van der Waals surface area (Å²) in [5.74, 6) is 0.957. The van der Waals surface area contributed by atoms with Crippen molar-refractivity contribution in [3.63, 3.8) is 0 Å². The maximum atomic E-state index is 11.1. The molecule has 0 bridgehead atoms. The molecule has 7 heteroatoms. The van der Waals surface area contributed by atoms with E-state index in [1.807, 2.05) is 6.92 Å². The average Bonchev–Trinajstić information content (AvgIpc) is 3.26. The Labute approximate surface area is 149 Å². The number of nitrogens with two attached hydrogens (primary N) is 1. The van der Waals surface area contributed by atoms with E-state index in [0.717, 1.165) is 32.1 Å². The van der Waals surface area contributed by atoms with Crippen LogP contribution in [0.4, 0.5) is 0 Å². The fraction of sp³-hybridized carbons (Fsp3) is 0.667. The number of methoxy groups -OCH3 is 1. The molecular formula is C18H30N4O3. The summed E-state index contributed by atoms with van der Waals surface area (Å²) in [6, 6.07) is 3.30. The summed E-state index contributed by atoms with van der Waals surface area (Å²) in [7, 11) is 1.76. The van der Waals surface area contributed by atoms with Gasteiger partial charge in [0.1, 0.15) is 12.3 Å². The Bertz CT molecular complexity index is 577. The SMILES string of the molecule is CCNC(=NCc1ccc(C(N)=O)o1)NCC1(CCOC)CCCC1. The van der Waals surface area contributed by atoms with Crippen LogP contribution in [-0.4, -0.2) is 38.7 Å². The summed E-state index contributed by atoms with van der Waals surface area (Å²) in [5, 5.41) is 6.72. The third-order valence-corrected chi connectivity index (χ3v) is 4.77. The van der Waals surface area contributed by atoms with Crippen LogP contribution in [0.5, 0.6) is 0 Å². The molecule has 1 fully saturated rings. The van der Waals surface area contributed by atoms with Gasteiger partial charge in [0.05, 0.1) is 0 Å². The summed E-state index contributed by atoms with van der Waals surface area (Å²) in [4.78, 5) is 15.6. The Morgan fingerprint density at radius 3 is 2.72 bits per heavy atom.